The van der Waals surface area contributed by atoms with Crippen LogP contribution in [0.3, 0.4) is 0 Å². The molecule has 0 saturated carbocycles. The number of benzene rings is 2. The number of fused-ring (bicyclic) bond motifs is 1. The highest BCUT2D eigenvalue weighted by Crippen LogP contribution is 2.23. The van der Waals surface area contributed by atoms with Gasteiger partial charge in [-0.2, -0.15) is 8.42 Å². The quantitative estimate of drug-likeness (QED) is 0.643. The highest BCUT2D eigenvalue weighted by molar-refractivity contribution is 7.81. The lowest BCUT2D eigenvalue weighted by Gasteiger charge is -2.07. The molecule has 0 aliphatic carbocycles. The number of hydrogen-bond acceptors (Lipinski definition) is 5. The Bertz CT molecular complexity index is 769. The molecule has 2 rings (SSSR count). The lowest BCUT2D eigenvalue weighted by Crippen LogP contribution is -2.11. The molecule has 2 aromatic rings. The Balaban J connectivity index is 2.11. The lowest BCUT2D eigenvalue weighted by atomic mass is 10.1. The predicted molar refractivity (Wildman–Crippen MR) is 78.5 cm³/mol. The van der Waals surface area contributed by atoms with Gasteiger partial charge in [-0.15, -0.1) is 0 Å². The second-order valence-corrected chi connectivity index (χ2v) is 6.52. The van der Waals surface area contributed by atoms with E-state index < -0.39 is 28.1 Å². The third kappa shape index (κ3) is 4.58. The van der Waals surface area contributed by atoms with Gasteiger partial charge in [0.25, 0.3) is 0 Å². The van der Waals surface area contributed by atoms with Crippen LogP contribution < -0.4 is 0 Å². The van der Waals surface area contributed by atoms with E-state index in [4.69, 9.17) is 8.74 Å². The molecule has 0 fully saturated rings. The fourth-order valence-electron chi connectivity index (χ4n) is 1.82. The van der Waals surface area contributed by atoms with Crippen molar-refractivity contribution in [3.8, 4) is 0 Å². The average Bonchev–Trinajstić information content (AvgIpc) is 2.41. The van der Waals surface area contributed by atoms with Crippen molar-refractivity contribution in [3.05, 3.63) is 42.0 Å². The Labute approximate surface area is 125 Å². The summed E-state index contributed by atoms with van der Waals surface area (Å²) in [6, 6.07) is 11.1. The zero-order chi connectivity index (χ0) is 15.5. The van der Waals surface area contributed by atoms with E-state index in [1.807, 2.05) is 31.2 Å². The van der Waals surface area contributed by atoms with Gasteiger partial charge in [0.15, 0.2) is 11.1 Å². The van der Waals surface area contributed by atoms with Crippen molar-refractivity contribution < 1.29 is 25.5 Å². The average molecular weight is 330 g/mol. The second-order valence-electron chi connectivity index (χ2n) is 4.29. The van der Waals surface area contributed by atoms with Crippen LogP contribution in [0.1, 0.15) is 5.56 Å². The molecule has 0 aliphatic heterocycles. The Morgan fingerprint density at radius 3 is 2.67 bits per heavy atom. The molecule has 0 heterocycles. The molecular formula is C13H14O6S2. The molecule has 0 aromatic heterocycles. The number of rotatable bonds is 6. The molecule has 1 N–H and O–H groups in total. The van der Waals surface area contributed by atoms with E-state index in [2.05, 4.69) is 4.18 Å². The van der Waals surface area contributed by atoms with Crippen molar-refractivity contribution in [2.45, 2.75) is 11.8 Å². The van der Waals surface area contributed by atoms with Crippen LogP contribution in [0.25, 0.3) is 10.8 Å². The summed E-state index contributed by atoms with van der Waals surface area (Å²) in [7, 11) is -4.51. The third-order valence-corrected chi connectivity index (χ3v) is 4.24. The zero-order valence-electron chi connectivity index (χ0n) is 11.2. The fraction of sp³-hybridized carbons (Fsp3) is 0.231. The molecule has 8 heteroatoms. The summed E-state index contributed by atoms with van der Waals surface area (Å²) >= 11 is -1.75. The molecule has 2 aromatic carbocycles. The van der Waals surface area contributed by atoms with Gasteiger partial charge in [-0.05, 0) is 18.4 Å². The highest BCUT2D eigenvalue weighted by atomic mass is 32.3. The van der Waals surface area contributed by atoms with Crippen molar-refractivity contribution in [2.75, 3.05) is 13.2 Å². The molecule has 0 bridgehead atoms. The van der Waals surface area contributed by atoms with Crippen LogP contribution in [0.15, 0.2) is 41.3 Å². The van der Waals surface area contributed by atoms with E-state index >= 15 is 0 Å². The maximum atomic E-state index is 12.1. The smallest absolute Gasteiger partial charge is 0.284 e. The van der Waals surface area contributed by atoms with E-state index in [9.17, 15) is 12.6 Å². The van der Waals surface area contributed by atoms with Crippen molar-refractivity contribution in [1.29, 1.82) is 0 Å². The van der Waals surface area contributed by atoms with E-state index in [0.29, 0.717) is 4.90 Å². The number of aryl methyl sites for hydroxylation is 1. The van der Waals surface area contributed by atoms with Crippen molar-refractivity contribution >= 4 is 32.3 Å². The molecule has 0 saturated heterocycles. The summed E-state index contributed by atoms with van der Waals surface area (Å²) in [4.78, 5) is 0.503. The lowest BCUT2D eigenvalue weighted by molar-refractivity contribution is 0.212. The maximum Gasteiger partial charge on any atom is 0.397 e. The molecule has 114 valence electrons. The van der Waals surface area contributed by atoms with Gasteiger partial charge < -0.3 is 0 Å². The summed E-state index contributed by atoms with van der Waals surface area (Å²) in [5, 5.41) is 1.75. The first kappa shape index (κ1) is 16.1. The molecule has 0 radical (unpaired) electrons. The van der Waals surface area contributed by atoms with Crippen molar-refractivity contribution in [3.63, 3.8) is 0 Å². The second kappa shape index (κ2) is 6.63. The van der Waals surface area contributed by atoms with Crippen LogP contribution in [0.4, 0.5) is 0 Å². The van der Waals surface area contributed by atoms with Gasteiger partial charge in [0.2, 0.25) is 0 Å². The van der Waals surface area contributed by atoms with Crippen LogP contribution in [0.5, 0.6) is 0 Å². The number of hydrogen-bond donors (Lipinski definition) is 1. The Hall–Kier alpha value is -1.32. The van der Waals surface area contributed by atoms with Gasteiger partial charge in [-0.1, -0.05) is 35.9 Å². The molecular weight excluding hydrogens is 316 g/mol. The standard InChI is InChI=1S/C13H14O6S2/c1-10-5-6-11-3-2-4-13(12(11)9-10)20(14)18-7-8-19-21(15,16)17/h2-6,9H,7-8H2,1H3,(H,15,16,17). The third-order valence-electron chi connectivity index (χ3n) is 2.68. The van der Waals surface area contributed by atoms with Crippen molar-refractivity contribution in [1.82, 2.24) is 0 Å². The predicted octanol–water partition coefficient (Wildman–Crippen LogP) is 2.01. The first-order valence-electron chi connectivity index (χ1n) is 6.03. The van der Waals surface area contributed by atoms with E-state index in [-0.39, 0.29) is 6.61 Å². The zero-order valence-corrected chi connectivity index (χ0v) is 12.8. The van der Waals surface area contributed by atoms with Crippen LogP contribution in [0, 0.1) is 6.92 Å². The Kier molecular flexibility index (Phi) is 5.07. The maximum absolute atomic E-state index is 12.1. The molecule has 21 heavy (non-hydrogen) atoms. The first-order chi connectivity index (χ1) is 9.87. The molecule has 0 aliphatic rings. The topological polar surface area (TPSA) is 89.9 Å². The van der Waals surface area contributed by atoms with E-state index in [1.165, 1.54) is 0 Å². The van der Waals surface area contributed by atoms with Crippen LogP contribution in [-0.4, -0.2) is 30.4 Å². The minimum Gasteiger partial charge on any atom is -0.284 e. The monoisotopic (exact) mass is 330 g/mol. The summed E-state index contributed by atoms with van der Waals surface area (Å²) in [5.41, 5.74) is 1.03. The summed E-state index contributed by atoms with van der Waals surface area (Å²) < 4.78 is 50.4. The van der Waals surface area contributed by atoms with Gasteiger partial charge in [0, 0.05) is 5.39 Å². The molecule has 0 amide bonds. The summed E-state index contributed by atoms with van der Waals surface area (Å²) in [6.07, 6.45) is 0. The van der Waals surface area contributed by atoms with E-state index in [1.54, 1.807) is 12.1 Å². The van der Waals surface area contributed by atoms with Gasteiger partial charge in [0.05, 0.1) is 18.1 Å². The van der Waals surface area contributed by atoms with Gasteiger partial charge in [-0.3, -0.25) is 8.74 Å². The van der Waals surface area contributed by atoms with E-state index in [0.717, 1.165) is 16.3 Å². The van der Waals surface area contributed by atoms with Crippen LogP contribution in [0.2, 0.25) is 0 Å². The summed E-state index contributed by atoms with van der Waals surface area (Å²) in [6.45, 7) is 1.29. The van der Waals surface area contributed by atoms with Crippen molar-refractivity contribution in [2.24, 2.45) is 0 Å². The highest BCUT2D eigenvalue weighted by Gasteiger charge is 2.11. The normalized spacial score (nSPS) is 13.4. The largest absolute Gasteiger partial charge is 0.397 e. The van der Waals surface area contributed by atoms with Crippen LogP contribution in [-0.2, 0) is 29.8 Å². The summed E-state index contributed by atoms with van der Waals surface area (Å²) in [5.74, 6) is 0. The Morgan fingerprint density at radius 2 is 1.95 bits per heavy atom. The minimum atomic E-state index is -4.51. The SMILES string of the molecule is Cc1ccc2cccc(S(=O)OCCOS(=O)(=O)O)c2c1. The fourth-order valence-corrected chi connectivity index (χ4v) is 2.99. The molecule has 6 nitrogen and oxygen atoms in total. The molecule has 1 atom stereocenters. The minimum absolute atomic E-state index is 0.228. The molecule has 0 spiro atoms. The van der Waals surface area contributed by atoms with Gasteiger partial charge in [-0.25, -0.2) is 8.39 Å². The molecule has 1 unspecified atom stereocenters. The van der Waals surface area contributed by atoms with Crippen LogP contribution >= 0.6 is 0 Å². The first-order valence-corrected chi connectivity index (χ1v) is 8.47. The van der Waals surface area contributed by atoms with Gasteiger partial charge in [0.1, 0.15) is 0 Å². The Morgan fingerprint density at radius 1 is 1.19 bits per heavy atom. The van der Waals surface area contributed by atoms with Gasteiger partial charge >= 0.3 is 10.4 Å².